The number of nitrogens with one attached hydrogen (secondary N) is 1. The molecular weight excluding hydrogens is 540 g/mol. The number of rotatable bonds is 10. The van der Waals surface area contributed by atoms with E-state index in [2.05, 4.69) is 4.98 Å². The predicted molar refractivity (Wildman–Crippen MR) is 159 cm³/mol. The van der Waals surface area contributed by atoms with Crippen molar-refractivity contribution in [3.05, 3.63) is 95.9 Å². The van der Waals surface area contributed by atoms with Gasteiger partial charge in [0.1, 0.15) is 16.6 Å². The standard InChI is InChI=1S/C30H30N6O4S/c1-3-40-28(37)15-17-36(41(38,39)26-8-4-6-21-7-5-16-33-29(21)26)23-13-14-25-24(19-23)34-27(35(25)2)18-20-9-11-22(12-10-20)30(31)32/h4-14,16,19H,3,15,17-18H2,1-2H3,(H3,31,32). The van der Waals surface area contributed by atoms with Crippen LogP contribution in [0.25, 0.3) is 21.9 Å². The highest BCUT2D eigenvalue weighted by molar-refractivity contribution is 7.93. The molecule has 210 valence electrons. The molecule has 0 radical (unpaired) electrons. The Labute approximate surface area is 238 Å². The number of pyridine rings is 1. The van der Waals surface area contributed by atoms with Crippen LogP contribution in [0, 0.1) is 5.41 Å². The Morgan fingerprint density at radius 3 is 2.56 bits per heavy atom. The van der Waals surface area contributed by atoms with Gasteiger partial charge >= 0.3 is 5.97 Å². The van der Waals surface area contributed by atoms with Crippen molar-refractivity contribution in [1.82, 2.24) is 14.5 Å². The maximum absolute atomic E-state index is 14.1. The quantitative estimate of drug-likeness (QED) is 0.146. The van der Waals surface area contributed by atoms with Crippen molar-refractivity contribution in [2.24, 2.45) is 12.8 Å². The minimum absolute atomic E-state index is 0.00792. The van der Waals surface area contributed by atoms with Gasteiger partial charge in [0, 0.05) is 37.2 Å². The number of fused-ring (bicyclic) bond motifs is 2. The van der Waals surface area contributed by atoms with E-state index >= 15 is 0 Å². The van der Waals surface area contributed by atoms with Gasteiger partial charge in [0.15, 0.2) is 0 Å². The second-order valence-corrected chi connectivity index (χ2v) is 11.3. The molecule has 0 atom stereocenters. The van der Waals surface area contributed by atoms with Crippen molar-refractivity contribution >= 4 is 49.5 Å². The van der Waals surface area contributed by atoms with Crippen molar-refractivity contribution < 1.29 is 17.9 Å². The third kappa shape index (κ3) is 5.62. The van der Waals surface area contributed by atoms with Crippen LogP contribution >= 0.6 is 0 Å². The summed E-state index contributed by atoms with van der Waals surface area (Å²) in [5.74, 6) is 0.307. The molecule has 3 aromatic carbocycles. The van der Waals surface area contributed by atoms with Gasteiger partial charge in [-0.25, -0.2) is 13.4 Å². The van der Waals surface area contributed by atoms with E-state index in [4.69, 9.17) is 20.9 Å². The highest BCUT2D eigenvalue weighted by atomic mass is 32.2. The zero-order chi connectivity index (χ0) is 29.1. The molecule has 0 aliphatic heterocycles. The van der Waals surface area contributed by atoms with Crippen molar-refractivity contribution in [2.75, 3.05) is 17.5 Å². The maximum Gasteiger partial charge on any atom is 0.307 e. The fourth-order valence-electron chi connectivity index (χ4n) is 4.75. The molecule has 3 N–H and O–H groups in total. The number of nitrogen functional groups attached to an aromatic ring is 1. The van der Waals surface area contributed by atoms with Crippen molar-refractivity contribution in [3.63, 3.8) is 0 Å². The summed E-state index contributed by atoms with van der Waals surface area (Å²) < 4.78 is 36.5. The molecule has 11 heteroatoms. The number of carbonyl (C=O) groups is 1. The molecule has 2 aromatic heterocycles. The van der Waals surface area contributed by atoms with E-state index in [1.807, 2.05) is 29.8 Å². The van der Waals surface area contributed by atoms with Crippen molar-refractivity contribution in [1.29, 1.82) is 5.41 Å². The summed E-state index contributed by atoms with van der Waals surface area (Å²) >= 11 is 0. The molecule has 2 heterocycles. The van der Waals surface area contributed by atoms with Gasteiger partial charge in [-0.3, -0.25) is 19.5 Å². The predicted octanol–water partition coefficient (Wildman–Crippen LogP) is 4.14. The average molecular weight is 571 g/mol. The van der Waals surface area contributed by atoms with Crippen LogP contribution in [-0.4, -0.2) is 47.9 Å². The van der Waals surface area contributed by atoms with Crippen LogP contribution in [-0.2, 0) is 33.0 Å². The van der Waals surface area contributed by atoms with Crippen LogP contribution in [0.4, 0.5) is 5.69 Å². The summed E-state index contributed by atoms with van der Waals surface area (Å²) in [5.41, 5.74) is 9.40. The van der Waals surface area contributed by atoms with Gasteiger partial charge in [0.2, 0.25) is 0 Å². The van der Waals surface area contributed by atoms with Gasteiger partial charge in [-0.05, 0) is 42.8 Å². The van der Waals surface area contributed by atoms with Crippen LogP contribution < -0.4 is 10.0 Å². The Bertz CT molecular complexity index is 1860. The highest BCUT2D eigenvalue weighted by Crippen LogP contribution is 2.31. The number of carbonyl (C=O) groups excluding carboxylic acids is 1. The van der Waals surface area contributed by atoms with E-state index in [1.54, 1.807) is 61.7 Å². The van der Waals surface area contributed by atoms with Gasteiger partial charge in [-0.1, -0.05) is 42.5 Å². The van der Waals surface area contributed by atoms with Gasteiger partial charge in [0.05, 0.1) is 35.3 Å². The number of hydrogen-bond donors (Lipinski definition) is 2. The van der Waals surface area contributed by atoms with Gasteiger partial charge < -0.3 is 15.0 Å². The molecule has 0 bridgehead atoms. The Balaban J connectivity index is 1.54. The monoisotopic (exact) mass is 570 g/mol. The highest BCUT2D eigenvalue weighted by Gasteiger charge is 2.28. The van der Waals surface area contributed by atoms with Gasteiger partial charge in [0.25, 0.3) is 10.0 Å². The molecule has 5 rings (SSSR count). The fourth-order valence-corrected chi connectivity index (χ4v) is 6.38. The van der Waals surface area contributed by atoms with E-state index in [1.165, 1.54) is 10.4 Å². The molecule has 10 nitrogen and oxygen atoms in total. The molecular formula is C30H30N6O4S. The number of imidazole rings is 1. The number of sulfonamides is 1. The number of benzene rings is 3. The van der Waals surface area contributed by atoms with E-state index in [-0.39, 0.29) is 30.3 Å². The molecule has 41 heavy (non-hydrogen) atoms. The largest absolute Gasteiger partial charge is 0.466 e. The number of anilines is 1. The molecule has 0 aliphatic rings. The van der Waals surface area contributed by atoms with E-state index in [9.17, 15) is 13.2 Å². The Morgan fingerprint density at radius 2 is 1.83 bits per heavy atom. The SMILES string of the molecule is CCOC(=O)CCN(c1ccc2c(c1)nc(Cc1ccc(C(=N)N)cc1)n2C)S(=O)(=O)c1cccc2cccnc12. The molecule has 0 aliphatic carbocycles. The first-order valence-corrected chi connectivity index (χ1v) is 14.5. The summed E-state index contributed by atoms with van der Waals surface area (Å²) in [6.45, 7) is 1.80. The minimum Gasteiger partial charge on any atom is -0.466 e. The van der Waals surface area contributed by atoms with E-state index in [0.717, 1.165) is 16.9 Å². The smallest absolute Gasteiger partial charge is 0.307 e. The topological polar surface area (TPSA) is 144 Å². The van der Waals surface area contributed by atoms with Crippen molar-refractivity contribution in [3.8, 4) is 0 Å². The minimum atomic E-state index is -4.12. The average Bonchev–Trinajstić information content (AvgIpc) is 3.27. The summed E-state index contributed by atoms with van der Waals surface area (Å²) in [7, 11) is -2.21. The summed E-state index contributed by atoms with van der Waals surface area (Å²) in [4.78, 5) is 21.5. The second kappa shape index (κ2) is 11.4. The Kier molecular flexibility index (Phi) is 7.71. The van der Waals surface area contributed by atoms with Gasteiger partial charge in [-0.15, -0.1) is 0 Å². The van der Waals surface area contributed by atoms with E-state index < -0.39 is 16.0 Å². The number of para-hydroxylation sites is 1. The van der Waals surface area contributed by atoms with Crippen LogP contribution in [0.1, 0.15) is 30.3 Å². The van der Waals surface area contributed by atoms with Crippen LogP contribution in [0.2, 0.25) is 0 Å². The first-order chi connectivity index (χ1) is 19.7. The zero-order valence-electron chi connectivity index (χ0n) is 22.7. The number of esters is 1. The third-order valence-corrected chi connectivity index (χ3v) is 8.72. The first-order valence-electron chi connectivity index (χ1n) is 13.1. The molecule has 0 amide bonds. The lowest BCUT2D eigenvalue weighted by atomic mass is 10.1. The Morgan fingerprint density at radius 1 is 1.07 bits per heavy atom. The van der Waals surface area contributed by atoms with E-state index in [0.29, 0.717) is 34.1 Å². The lowest BCUT2D eigenvalue weighted by Crippen LogP contribution is -2.33. The number of amidine groups is 1. The molecule has 0 spiro atoms. The maximum atomic E-state index is 14.1. The number of aromatic nitrogens is 3. The Hall–Kier alpha value is -4.77. The zero-order valence-corrected chi connectivity index (χ0v) is 23.6. The summed E-state index contributed by atoms with van der Waals surface area (Å²) in [5, 5.41) is 8.28. The molecule has 0 saturated carbocycles. The number of nitrogens with zero attached hydrogens (tertiary/aromatic N) is 4. The molecule has 0 saturated heterocycles. The normalized spacial score (nSPS) is 11.6. The number of aryl methyl sites for hydroxylation is 1. The second-order valence-electron chi connectivity index (χ2n) is 9.51. The molecule has 0 fully saturated rings. The summed E-state index contributed by atoms with van der Waals surface area (Å²) in [6.07, 6.45) is 1.97. The fraction of sp³-hybridized carbons (Fsp3) is 0.200. The molecule has 5 aromatic rings. The van der Waals surface area contributed by atoms with Crippen LogP contribution in [0.5, 0.6) is 0 Å². The van der Waals surface area contributed by atoms with Gasteiger partial charge in [-0.2, -0.15) is 0 Å². The molecule has 0 unspecified atom stereocenters. The first kappa shape index (κ1) is 27.8. The number of hydrogen-bond acceptors (Lipinski definition) is 7. The number of nitrogens with two attached hydrogens (primary N) is 1. The lowest BCUT2D eigenvalue weighted by molar-refractivity contribution is -0.142. The van der Waals surface area contributed by atoms with Crippen LogP contribution in [0.15, 0.2) is 83.9 Å². The third-order valence-electron chi connectivity index (χ3n) is 6.86. The van der Waals surface area contributed by atoms with Crippen LogP contribution in [0.3, 0.4) is 0 Å². The lowest BCUT2D eigenvalue weighted by Gasteiger charge is -2.24. The van der Waals surface area contributed by atoms with Crippen molar-refractivity contribution in [2.45, 2.75) is 24.7 Å². The summed E-state index contributed by atoms with van der Waals surface area (Å²) in [6, 6.07) is 21.2. The number of ether oxygens (including phenoxy) is 1.